The SMILES string of the molecule is COC(=O)CC1CCCCN1c1cc(CCCOCCc2ccc(Cl)cc2)cc(OC)c1. The van der Waals surface area contributed by atoms with Gasteiger partial charge in [-0.3, -0.25) is 4.79 Å². The van der Waals surface area contributed by atoms with Crippen molar-refractivity contribution in [3.05, 3.63) is 58.6 Å². The van der Waals surface area contributed by atoms with Gasteiger partial charge in [0.2, 0.25) is 0 Å². The number of aryl methyl sites for hydroxylation is 1. The molecule has 0 spiro atoms. The number of anilines is 1. The first-order valence-corrected chi connectivity index (χ1v) is 11.8. The number of hydrogen-bond acceptors (Lipinski definition) is 5. The Hall–Kier alpha value is -2.24. The highest BCUT2D eigenvalue weighted by Gasteiger charge is 2.26. The van der Waals surface area contributed by atoms with Crippen LogP contribution in [0.4, 0.5) is 5.69 Å². The van der Waals surface area contributed by atoms with Gasteiger partial charge in [0.05, 0.1) is 27.2 Å². The van der Waals surface area contributed by atoms with Gasteiger partial charge in [0.15, 0.2) is 0 Å². The van der Waals surface area contributed by atoms with Crippen LogP contribution in [0.5, 0.6) is 5.75 Å². The maximum absolute atomic E-state index is 11.9. The number of nitrogens with zero attached hydrogens (tertiary/aromatic N) is 1. The number of esters is 1. The zero-order chi connectivity index (χ0) is 22.8. The van der Waals surface area contributed by atoms with Crippen LogP contribution >= 0.6 is 11.6 Å². The van der Waals surface area contributed by atoms with E-state index in [1.807, 2.05) is 24.3 Å². The molecule has 1 aliphatic rings. The fraction of sp³-hybridized carbons (Fsp3) is 0.500. The highest BCUT2D eigenvalue weighted by atomic mass is 35.5. The summed E-state index contributed by atoms with van der Waals surface area (Å²) < 4.78 is 16.3. The first-order valence-electron chi connectivity index (χ1n) is 11.4. The van der Waals surface area contributed by atoms with Crippen LogP contribution in [0.15, 0.2) is 42.5 Å². The van der Waals surface area contributed by atoms with Gasteiger partial charge in [0, 0.05) is 36.0 Å². The Labute approximate surface area is 196 Å². The molecule has 0 aromatic heterocycles. The molecule has 1 atom stereocenters. The number of hydrogen-bond donors (Lipinski definition) is 0. The third-order valence-electron chi connectivity index (χ3n) is 5.98. The van der Waals surface area contributed by atoms with E-state index in [0.29, 0.717) is 13.0 Å². The predicted molar refractivity (Wildman–Crippen MR) is 129 cm³/mol. The molecule has 3 rings (SSSR count). The zero-order valence-electron chi connectivity index (χ0n) is 19.1. The van der Waals surface area contributed by atoms with Gasteiger partial charge in [-0.05, 0) is 73.9 Å². The molecule has 1 heterocycles. The molecule has 0 radical (unpaired) electrons. The fourth-order valence-corrected chi connectivity index (χ4v) is 4.35. The lowest BCUT2D eigenvalue weighted by atomic mass is 9.97. The summed E-state index contributed by atoms with van der Waals surface area (Å²) in [6.45, 7) is 2.37. The molecule has 2 aromatic rings. The van der Waals surface area contributed by atoms with E-state index in [1.54, 1.807) is 7.11 Å². The molecular weight excluding hydrogens is 426 g/mol. The predicted octanol–water partition coefficient (Wildman–Crippen LogP) is 5.46. The van der Waals surface area contributed by atoms with E-state index in [2.05, 4.69) is 23.1 Å². The minimum absolute atomic E-state index is 0.152. The van der Waals surface area contributed by atoms with Crippen LogP contribution in [0, 0.1) is 0 Å². The lowest BCUT2D eigenvalue weighted by Gasteiger charge is -2.37. The topological polar surface area (TPSA) is 48.0 Å². The highest BCUT2D eigenvalue weighted by molar-refractivity contribution is 6.30. The van der Waals surface area contributed by atoms with Crippen molar-refractivity contribution in [1.29, 1.82) is 0 Å². The first kappa shape index (κ1) is 24.4. The Balaban J connectivity index is 1.53. The Morgan fingerprint density at radius 2 is 1.84 bits per heavy atom. The van der Waals surface area contributed by atoms with Crippen LogP contribution in [-0.4, -0.2) is 46.0 Å². The molecule has 6 heteroatoms. The summed E-state index contributed by atoms with van der Waals surface area (Å²) in [5.41, 5.74) is 3.58. The zero-order valence-corrected chi connectivity index (χ0v) is 19.9. The summed E-state index contributed by atoms with van der Waals surface area (Å²) >= 11 is 5.93. The fourth-order valence-electron chi connectivity index (χ4n) is 4.22. The second-order valence-electron chi connectivity index (χ2n) is 8.25. The maximum Gasteiger partial charge on any atom is 0.307 e. The van der Waals surface area contributed by atoms with Crippen molar-refractivity contribution in [3.63, 3.8) is 0 Å². The standard InChI is InChI=1S/C26H34ClNO4/c1-30-25-17-21(6-5-14-32-15-12-20-8-10-22(27)11-9-20)16-24(18-25)28-13-4-3-7-23(28)19-26(29)31-2/h8-11,16-18,23H,3-7,12-15,19H2,1-2H3. The van der Waals surface area contributed by atoms with E-state index < -0.39 is 0 Å². The lowest BCUT2D eigenvalue weighted by Crippen LogP contribution is -2.41. The molecule has 2 aromatic carbocycles. The molecule has 5 nitrogen and oxygen atoms in total. The van der Waals surface area contributed by atoms with Crippen LogP contribution in [0.25, 0.3) is 0 Å². The quantitative estimate of drug-likeness (QED) is 0.329. The molecule has 0 N–H and O–H groups in total. The smallest absolute Gasteiger partial charge is 0.307 e. The Morgan fingerprint density at radius 3 is 2.59 bits per heavy atom. The Morgan fingerprint density at radius 1 is 1.03 bits per heavy atom. The minimum atomic E-state index is -0.152. The van der Waals surface area contributed by atoms with Crippen molar-refractivity contribution in [2.24, 2.45) is 0 Å². The van der Waals surface area contributed by atoms with Gasteiger partial charge in [-0.15, -0.1) is 0 Å². The summed E-state index contributed by atoms with van der Waals surface area (Å²) in [6.07, 6.45) is 6.44. The number of carbonyl (C=O) groups excluding carboxylic acids is 1. The Kier molecular flexibility index (Phi) is 9.69. The van der Waals surface area contributed by atoms with Gasteiger partial charge in [0.1, 0.15) is 5.75 Å². The van der Waals surface area contributed by atoms with E-state index >= 15 is 0 Å². The largest absolute Gasteiger partial charge is 0.497 e. The third kappa shape index (κ3) is 7.42. The van der Waals surface area contributed by atoms with Crippen molar-refractivity contribution >= 4 is 23.3 Å². The van der Waals surface area contributed by atoms with Crippen LogP contribution in [0.2, 0.25) is 5.02 Å². The summed E-state index contributed by atoms with van der Waals surface area (Å²) in [6, 6.07) is 14.5. The minimum Gasteiger partial charge on any atom is -0.497 e. The molecule has 1 saturated heterocycles. The van der Waals surface area contributed by atoms with Gasteiger partial charge in [-0.1, -0.05) is 23.7 Å². The molecule has 0 amide bonds. The van der Waals surface area contributed by atoms with Crippen molar-refractivity contribution in [1.82, 2.24) is 0 Å². The second-order valence-corrected chi connectivity index (χ2v) is 8.69. The van der Waals surface area contributed by atoms with Crippen LogP contribution in [-0.2, 0) is 27.1 Å². The van der Waals surface area contributed by atoms with Crippen molar-refractivity contribution in [3.8, 4) is 5.75 Å². The van der Waals surface area contributed by atoms with Crippen LogP contribution in [0.3, 0.4) is 0 Å². The van der Waals surface area contributed by atoms with E-state index in [1.165, 1.54) is 18.2 Å². The van der Waals surface area contributed by atoms with E-state index in [0.717, 1.165) is 68.1 Å². The average Bonchev–Trinajstić information content (AvgIpc) is 2.82. The lowest BCUT2D eigenvalue weighted by molar-refractivity contribution is -0.141. The summed E-state index contributed by atoms with van der Waals surface area (Å²) in [5, 5.41) is 0.758. The average molecular weight is 460 g/mol. The number of halogens is 1. The van der Waals surface area contributed by atoms with Gasteiger partial charge < -0.3 is 19.1 Å². The normalized spacial score (nSPS) is 16.1. The number of rotatable bonds is 11. The summed E-state index contributed by atoms with van der Waals surface area (Å²) in [7, 11) is 3.15. The molecule has 174 valence electrons. The number of carbonyl (C=O) groups is 1. The van der Waals surface area contributed by atoms with E-state index in [-0.39, 0.29) is 12.0 Å². The van der Waals surface area contributed by atoms with Gasteiger partial charge in [0.25, 0.3) is 0 Å². The van der Waals surface area contributed by atoms with Crippen molar-refractivity contribution < 1.29 is 19.0 Å². The second kappa shape index (κ2) is 12.7. The third-order valence-corrected chi connectivity index (χ3v) is 6.23. The number of benzene rings is 2. The molecule has 1 unspecified atom stereocenters. The molecule has 0 bridgehead atoms. The molecule has 1 aliphatic heterocycles. The molecule has 0 saturated carbocycles. The van der Waals surface area contributed by atoms with Gasteiger partial charge in [-0.25, -0.2) is 0 Å². The highest BCUT2D eigenvalue weighted by Crippen LogP contribution is 2.31. The maximum atomic E-state index is 11.9. The molecule has 1 fully saturated rings. The summed E-state index contributed by atoms with van der Waals surface area (Å²) in [5.74, 6) is 0.698. The first-order chi connectivity index (χ1) is 15.6. The number of ether oxygens (including phenoxy) is 3. The molecular formula is C26H34ClNO4. The van der Waals surface area contributed by atoms with Crippen LogP contribution < -0.4 is 9.64 Å². The van der Waals surface area contributed by atoms with Crippen molar-refractivity contribution in [2.45, 2.75) is 51.0 Å². The van der Waals surface area contributed by atoms with Gasteiger partial charge in [-0.2, -0.15) is 0 Å². The molecule has 0 aliphatic carbocycles. The molecule has 32 heavy (non-hydrogen) atoms. The van der Waals surface area contributed by atoms with Crippen LogP contribution in [0.1, 0.15) is 43.2 Å². The summed E-state index contributed by atoms with van der Waals surface area (Å²) in [4.78, 5) is 14.2. The monoisotopic (exact) mass is 459 g/mol. The number of piperidine rings is 1. The van der Waals surface area contributed by atoms with E-state index in [4.69, 9.17) is 25.8 Å². The Bertz CT molecular complexity index is 855. The van der Waals surface area contributed by atoms with Gasteiger partial charge >= 0.3 is 5.97 Å². The van der Waals surface area contributed by atoms with Crippen molar-refractivity contribution in [2.75, 3.05) is 38.9 Å². The van der Waals surface area contributed by atoms with E-state index in [9.17, 15) is 4.79 Å². The number of methoxy groups -OCH3 is 2.